The number of nitroso groups, excluding NO2 is 1. The Hall–Kier alpha value is -1.50. The second-order valence-electron chi connectivity index (χ2n) is 9.17. The zero-order valence-electron chi connectivity index (χ0n) is 18.6. The maximum Gasteiger partial charge on any atom is 0.334 e. The third-order valence-corrected chi connectivity index (χ3v) is 5.29. The van der Waals surface area contributed by atoms with E-state index in [0.29, 0.717) is 18.8 Å². The molecule has 2 aliphatic rings. The molecule has 0 saturated heterocycles. The first-order chi connectivity index (χ1) is 13.7. The van der Waals surface area contributed by atoms with Crippen molar-refractivity contribution in [2.24, 2.45) is 22.7 Å². The number of ether oxygens (including phenoxy) is 2. The fraction of sp³-hybridized carbons (Fsp3) is 0.909. The molecule has 29 heavy (non-hydrogen) atoms. The number of nitrogens with two attached hydrogens (primary N) is 1. The molecule has 7 heteroatoms. The van der Waals surface area contributed by atoms with E-state index in [1.165, 1.54) is 12.8 Å². The molecular weight excluding hydrogens is 372 g/mol. The number of carbonyl (C=O) groups excluding carboxylic acids is 2. The van der Waals surface area contributed by atoms with Crippen LogP contribution < -0.4 is 5.73 Å². The Bertz CT molecular complexity index is 497. The summed E-state index contributed by atoms with van der Waals surface area (Å²) in [6.45, 7) is 8.04. The van der Waals surface area contributed by atoms with E-state index in [2.05, 4.69) is 19.0 Å². The van der Waals surface area contributed by atoms with Crippen molar-refractivity contribution in [3.63, 3.8) is 0 Å². The summed E-state index contributed by atoms with van der Waals surface area (Å²) in [4.78, 5) is 33.5. The summed E-state index contributed by atoms with van der Waals surface area (Å²) in [7, 11) is 0. The fourth-order valence-electron chi connectivity index (χ4n) is 3.74. The van der Waals surface area contributed by atoms with Gasteiger partial charge in [-0.05, 0) is 76.0 Å². The van der Waals surface area contributed by atoms with Crippen LogP contribution in [0.25, 0.3) is 0 Å². The van der Waals surface area contributed by atoms with Crippen molar-refractivity contribution in [1.82, 2.24) is 0 Å². The standard InChI is InChI=1S/C11H19NO3.C11H21NO2/c1-8(2)7-10(12-14)11(13)15-9-5-3-4-6-9;1-8(2)7-10(12)11(13)14-9-5-3-4-6-9/h8-10H,3-7H2,1-2H3;8-10H,3-7,12H2,1-2H3/t2*10-/m00/s1. The molecule has 0 radical (unpaired) electrons. The summed E-state index contributed by atoms with van der Waals surface area (Å²) in [5, 5.41) is 2.85. The van der Waals surface area contributed by atoms with Gasteiger partial charge in [-0.15, -0.1) is 4.91 Å². The van der Waals surface area contributed by atoms with Crippen LogP contribution >= 0.6 is 0 Å². The van der Waals surface area contributed by atoms with Crippen molar-refractivity contribution in [2.45, 2.75) is 116 Å². The molecule has 2 saturated carbocycles. The number of rotatable bonds is 9. The van der Waals surface area contributed by atoms with Crippen molar-refractivity contribution in [1.29, 1.82) is 0 Å². The Balaban J connectivity index is 0.000000291. The molecule has 0 heterocycles. The highest BCUT2D eigenvalue weighted by Crippen LogP contribution is 2.23. The van der Waals surface area contributed by atoms with E-state index in [-0.39, 0.29) is 24.1 Å². The molecule has 0 amide bonds. The predicted molar refractivity (Wildman–Crippen MR) is 113 cm³/mol. The third kappa shape index (κ3) is 10.7. The van der Waals surface area contributed by atoms with Gasteiger partial charge in [0.05, 0.1) is 0 Å². The van der Waals surface area contributed by atoms with Crippen molar-refractivity contribution in [3.8, 4) is 0 Å². The predicted octanol–water partition coefficient (Wildman–Crippen LogP) is 4.50. The van der Waals surface area contributed by atoms with Gasteiger partial charge < -0.3 is 15.2 Å². The summed E-state index contributed by atoms with van der Waals surface area (Å²) >= 11 is 0. The molecule has 0 aromatic carbocycles. The van der Waals surface area contributed by atoms with E-state index in [1.54, 1.807) is 0 Å². The van der Waals surface area contributed by atoms with E-state index in [4.69, 9.17) is 15.2 Å². The molecule has 7 nitrogen and oxygen atoms in total. The number of hydrogen-bond donors (Lipinski definition) is 1. The smallest absolute Gasteiger partial charge is 0.334 e. The molecule has 0 bridgehead atoms. The monoisotopic (exact) mass is 412 g/mol. The second kappa shape index (κ2) is 13.7. The van der Waals surface area contributed by atoms with Gasteiger partial charge in [-0.3, -0.25) is 4.79 Å². The highest BCUT2D eigenvalue weighted by Gasteiger charge is 2.27. The number of hydrogen-bond acceptors (Lipinski definition) is 7. The van der Waals surface area contributed by atoms with Gasteiger partial charge in [-0.25, -0.2) is 4.79 Å². The van der Waals surface area contributed by atoms with E-state index in [1.807, 2.05) is 13.8 Å². The van der Waals surface area contributed by atoms with Gasteiger partial charge in [-0.1, -0.05) is 32.9 Å². The van der Waals surface area contributed by atoms with Crippen molar-refractivity contribution in [3.05, 3.63) is 4.91 Å². The molecule has 2 aliphatic carbocycles. The fourth-order valence-corrected chi connectivity index (χ4v) is 3.74. The van der Waals surface area contributed by atoms with Crippen LogP contribution in [0.2, 0.25) is 0 Å². The lowest BCUT2D eigenvalue weighted by molar-refractivity contribution is -0.151. The molecule has 0 aliphatic heterocycles. The first-order valence-corrected chi connectivity index (χ1v) is 11.2. The maximum absolute atomic E-state index is 11.5. The number of esters is 2. The molecular formula is C22H40N2O5. The zero-order valence-corrected chi connectivity index (χ0v) is 18.6. The Morgan fingerprint density at radius 2 is 1.24 bits per heavy atom. The van der Waals surface area contributed by atoms with Gasteiger partial charge in [0, 0.05) is 0 Å². The number of carbonyl (C=O) groups is 2. The average molecular weight is 413 g/mol. The highest BCUT2D eigenvalue weighted by molar-refractivity contribution is 5.76. The lowest BCUT2D eigenvalue weighted by Gasteiger charge is -2.16. The highest BCUT2D eigenvalue weighted by atomic mass is 16.5. The summed E-state index contributed by atoms with van der Waals surface area (Å²) in [6, 6.07) is -1.25. The van der Waals surface area contributed by atoms with E-state index < -0.39 is 18.1 Å². The summed E-state index contributed by atoms with van der Waals surface area (Å²) < 4.78 is 10.5. The van der Waals surface area contributed by atoms with Gasteiger partial charge in [-0.2, -0.15) is 0 Å². The zero-order chi connectivity index (χ0) is 21.8. The lowest BCUT2D eigenvalue weighted by Crippen LogP contribution is -2.35. The van der Waals surface area contributed by atoms with Crippen LogP contribution in [0.1, 0.15) is 91.9 Å². The topological polar surface area (TPSA) is 108 Å². The van der Waals surface area contributed by atoms with Gasteiger partial charge in [0.15, 0.2) is 6.04 Å². The molecule has 168 valence electrons. The Morgan fingerprint density at radius 1 is 0.828 bits per heavy atom. The van der Waals surface area contributed by atoms with E-state index in [0.717, 1.165) is 38.5 Å². The summed E-state index contributed by atoms with van der Waals surface area (Å²) in [5.41, 5.74) is 5.72. The maximum atomic E-state index is 11.5. The van der Waals surface area contributed by atoms with Crippen molar-refractivity contribution >= 4 is 11.9 Å². The molecule has 2 fully saturated rings. The molecule has 0 spiro atoms. The quantitative estimate of drug-likeness (QED) is 0.441. The van der Waals surface area contributed by atoms with Crippen molar-refractivity contribution < 1.29 is 19.1 Å². The van der Waals surface area contributed by atoms with Gasteiger partial charge >= 0.3 is 11.9 Å². The molecule has 0 aromatic rings. The number of nitrogens with zero attached hydrogens (tertiary/aromatic N) is 1. The van der Waals surface area contributed by atoms with E-state index >= 15 is 0 Å². The average Bonchev–Trinajstić information content (AvgIpc) is 3.33. The Kier molecular flexibility index (Phi) is 12.0. The Labute approximate surface area is 175 Å². The first kappa shape index (κ1) is 25.5. The minimum absolute atomic E-state index is 0.0221. The Morgan fingerprint density at radius 3 is 1.62 bits per heavy atom. The van der Waals surface area contributed by atoms with Crippen LogP contribution in [0.4, 0.5) is 0 Å². The van der Waals surface area contributed by atoms with Crippen LogP contribution in [0, 0.1) is 16.7 Å². The molecule has 2 N–H and O–H groups in total. The molecule has 2 atom stereocenters. The van der Waals surface area contributed by atoms with Crippen LogP contribution in [-0.4, -0.2) is 36.2 Å². The summed E-state index contributed by atoms with van der Waals surface area (Å²) in [5.74, 6) is 0.0705. The van der Waals surface area contributed by atoms with Gasteiger partial charge in [0.2, 0.25) is 0 Å². The normalized spacial score (nSPS) is 19.6. The van der Waals surface area contributed by atoms with Gasteiger partial charge in [0.1, 0.15) is 18.2 Å². The van der Waals surface area contributed by atoms with Crippen LogP contribution in [0.15, 0.2) is 5.18 Å². The second-order valence-corrected chi connectivity index (χ2v) is 9.17. The molecule has 0 aromatic heterocycles. The molecule has 2 rings (SSSR count). The largest absolute Gasteiger partial charge is 0.461 e. The molecule has 0 unspecified atom stereocenters. The minimum Gasteiger partial charge on any atom is -0.461 e. The SMILES string of the molecule is CC(C)C[C@H](N)C(=O)OC1CCCC1.CC(C)C[C@H](N=O)C(=O)OC1CCCC1. The van der Waals surface area contributed by atoms with Crippen LogP contribution in [0.3, 0.4) is 0 Å². The first-order valence-electron chi connectivity index (χ1n) is 11.2. The van der Waals surface area contributed by atoms with Crippen LogP contribution in [-0.2, 0) is 19.1 Å². The van der Waals surface area contributed by atoms with Gasteiger partial charge in [0.25, 0.3) is 0 Å². The lowest BCUT2D eigenvalue weighted by atomic mass is 10.0. The van der Waals surface area contributed by atoms with E-state index in [9.17, 15) is 14.5 Å². The third-order valence-electron chi connectivity index (χ3n) is 5.29. The summed E-state index contributed by atoms with van der Waals surface area (Å²) in [6.07, 6.45) is 9.82. The minimum atomic E-state index is -0.814. The van der Waals surface area contributed by atoms with Crippen LogP contribution in [0.5, 0.6) is 0 Å². The van der Waals surface area contributed by atoms with Crippen molar-refractivity contribution in [2.75, 3.05) is 0 Å².